The number of nitrogens with zero attached hydrogens (tertiary/aromatic N) is 1. The molecule has 0 unspecified atom stereocenters. The van der Waals surface area contributed by atoms with E-state index < -0.39 is 0 Å². The molecule has 0 aromatic rings. The summed E-state index contributed by atoms with van der Waals surface area (Å²) in [5.74, 6) is 2.14. The fourth-order valence-electron chi connectivity index (χ4n) is 1.52. The Labute approximate surface area is 87.2 Å². The first-order valence-corrected chi connectivity index (χ1v) is 5.72. The van der Waals surface area contributed by atoms with Gasteiger partial charge in [-0.2, -0.15) is 0 Å². The third kappa shape index (κ3) is 4.49. The zero-order valence-corrected chi connectivity index (χ0v) is 9.42. The van der Waals surface area contributed by atoms with Crippen molar-refractivity contribution < 1.29 is 0 Å². The molecule has 1 rings (SSSR count). The zero-order valence-electron chi connectivity index (χ0n) is 9.42. The second-order valence-corrected chi connectivity index (χ2v) is 4.63. The van der Waals surface area contributed by atoms with E-state index in [-0.39, 0.29) is 0 Å². The fourth-order valence-corrected chi connectivity index (χ4v) is 1.52. The van der Waals surface area contributed by atoms with Crippen molar-refractivity contribution in [2.75, 3.05) is 13.1 Å². The molecule has 0 aliphatic heterocycles. The maximum Gasteiger partial charge on any atom is 0.188 e. The van der Waals surface area contributed by atoms with Crippen molar-refractivity contribution in [3.05, 3.63) is 0 Å². The molecule has 14 heavy (non-hydrogen) atoms. The van der Waals surface area contributed by atoms with E-state index in [9.17, 15) is 0 Å². The minimum Gasteiger partial charge on any atom is -0.370 e. The molecule has 0 saturated heterocycles. The molecule has 0 heterocycles. The van der Waals surface area contributed by atoms with Crippen molar-refractivity contribution in [2.24, 2.45) is 22.6 Å². The topological polar surface area (TPSA) is 50.4 Å². The van der Waals surface area contributed by atoms with Gasteiger partial charge in [-0.3, -0.25) is 4.99 Å². The van der Waals surface area contributed by atoms with Gasteiger partial charge in [0.2, 0.25) is 0 Å². The summed E-state index contributed by atoms with van der Waals surface area (Å²) in [6.45, 7) is 6.09. The summed E-state index contributed by atoms with van der Waals surface area (Å²) in [5, 5.41) is 3.16. The SMILES string of the molecule is CC(C)CN=C(N)NCCC1CCC1. The minimum atomic E-state index is 0.585. The van der Waals surface area contributed by atoms with Gasteiger partial charge in [-0.25, -0.2) is 0 Å². The van der Waals surface area contributed by atoms with Crippen molar-refractivity contribution in [2.45, 2.75) is 39.5 Å². The molecule has 1 saturated carbocycles. The van der Waals surface area contributed by atoms with Gasteiger partial charge in [0.05, 0.1) is 0 Å². The number of aliphatic imine (C=N–C) groups is 1. The van der Waals surface area contributed by atoms with Crippen LogP contribution in [0.5, 0.6) is 0 Å². The monoisotopic (exact) mass is 197 g/mol. The highest BCUT2D eigenvalue weighted by Gasteiger charge is 2.16. The lowest BCUT2D eigenvalue weighted by Gasteiger charge is -2.25. The maximum absolute atomic E-state index is 5.71. The van der Waals surface area contributed by atoms with Crippen LogP contribution in [-0.2, 0) is 0 Å². The third-order valence-electron chi connectivity index (χ3n) is 2.71. The van der Waals surface area contributed by atoms with E-state index in [0.717, 1.165) is 19.0 Å². The molecule has 0 atom stereocenters. The van der Waals surface area contributed by atoms with Crippen LogP contribution < -0.4 is 11.1 Å². The summed E-state index contributed by atoms with van der Waals surface area (Å²) in [6, 6.07) is 0. The first kappa shape index (κ1) is 11.3. The Hall–Kier alpha value is -0.730. The Kier molecular flexibility index (Phi) is 4.77. The van der Waals surface area contributed by atoms with Crippen molar-refractivity contribution in [3.8, 4) is 0 Å². The van der Waals surface area contributed by atoms with Crippen molar-refractivity contribution in [1.82, 2.24) is 5.32 Å². The molecule has 0 spiro atoms. The van der Waals surface area contributed by atoms with Crippen LogP contribution in [0.3, 0.4) is 0 Å². The molecule has 3 nitrogen and oxygen atoms in total. The van der Waals surface area contributed by atoms with Gasteiger partial charge >= 0.3 is 0 Å². The Balaban J connectivity index is 2.01. The normalized spacial score (nSPS) is 18.4. The van der Waals surface area contributed by atoms with Crippen LogP contribution in [0.2, 0.25) is 0 Å². The Bertz CT molecular complexity index is 183. The Morgan fingerprint density at radius 2 is 2.21 bits per heavy atom. The summed E-state index contributed by atoms with van der Waals surface area (Å²) in [5.41, 5.74) is 5.71. The summed E-state index contributed by atoms with van der Waals surface area (Å²) in [7, 11) is 0. The molecule has 0 amide bonds. The first-order chi connectivity index (χ1) is 6.68. The minimum absolute atomic E-state index is 0.585. The Morgan fingerprint density at radius 1 is 1.50 bits per heavy atom. The standard InChI is InChI=1S/C11H23N3/c1-9(2)8-14-11(12)13-7-6-10-4-3-5-10/h9-10H,3-8H2,1-2H3,(H3,12,13,14). The molecular formula is C11H23N3. The first-order valence-electron chi connectivity index (χ1n) is 5.72. The van der Waals surface area contributed by atoms with Crippen LogP contribution >= 0.6 is 0 Å². The summed E-state index contributed by atoms with van der Waals surface area (Å²) >= 11 is 0. The number of hydrogen-bond acceptors (Lipinski definition) is 1. The lowest BCUT2D eigenvalue weighted by molar-refractivity contribution is 0.297. The van der Waals surface area contributed by atoms with Crippen molar-refractivity contribution in [1.29, 1.82) is 0 Å². The van der Waals surface area contributed by atoms with E-state index in [1.54, 1.807) is 0 Å². The average molecular weight is 197 g/mol. The van der Waals surface area contributed by atoms with E-state index in [0.29, 0.717) is 11.9 Å². The lowest BCUT2D eigenvalue weighted by atomic mass is 9.83. The third-order valence-corrected chi connectivity index (χ3v) is 2.71. The molecule has 1 aliphatic rings. The molecule has 0 aromatic heterocycles. The highest BCUT2D eigenvalue weighted by Crippen LogP contribution is 2.28. The highest BCUT2D eigenvalue weighted by molar-refractivity contribution is 5.77. The molecule has 1 fully saturated rings. The van der Waals surface area contributed by atoms with Crippen LogP contribution in [0, 0.1) is 11.8 Å². The summed E-state index contributed by atoms with van der Waals surface area (Å²) in [4.78, 5) is 4.25. The van der Waals surface area contributed by atoms with Crippen molar-refractivity contribution >= 4 is 5.96 Å². The number of hydrogen-bond donors (Lipinski definition) is 2. The molecule has 0 aromatic carbocycles. The molecular weight excluding hydrogens is 174 g/mol. The fraction of sp³-hybridized carbons (Fsp3) is 0.909. The van der Waals surface area contributed by atoms with Crippen LogP contribution in [0.25, 0.3) is 0 Å². The predicted molar refractivity (Wildman–Crippen MR) is 61.3 cm³/mol. The van der Waals surface area contributed by atoms with Crippen LogP contribution in [0.15, 0.2) is 4.99 Å². The van der Waals surface area contributed by atoms with E-state index in [2.05, 4.69) is 24.2 Å². The molecule has 0 bridgehead atoms. The maximum atomic E-state index is 5.71. The molecule has 3 N–H and O–H groups in total. The molecule has 3 heteroatoms. The van der Waals surface area contributed by atoms with E-state index >= 15 is 0 Å². The molecule has 0 radical (unpaired) electrons. The molecule has 82 valence electrons. The summed E-state index contributed by atoms with van der Waals surface area (Å²) in [6.07, 6.45) is 5.48. The van der Waals surface area contributed by atoms with E-state index in [1.165, 1.54) is 25.7 Å². The van der Waals surface area contributed by atoms with Gasteiger partial charge in [-0.05, 0) is 18.3 Å². The Morgan fingerprint density at radius 3 is 2.71 bits per heavy atom. The quantitative estimate of drug-likeness (QED) is 0.521. The van der Waals surface area contributed by atoms with Crippen LogP contribution in [0.1, 0.15) is 39.5 Å². The van der Waals surface area contributed by atoms with Gasteiger partial charge in [0, 0.05) is 13.1 Å². The number of nitrogens with one attached hydrogen (secondary N) is 1. The highest BCUT2D eigenvalue weighted by atomic mass is 15.1. The van der Waals surface area contributed by atoms with E-state index in [1.807, 2.05) is 0 Å². The van der Waals surface area contributed by atoms with Crippen LogP contribution in [-0.4, -0.2) is 19.0 Å². The van der Waals surface area contributed by atoms with Gasteiger partial charge in [-0.15, -0.1) is 0 Å². The largest absolute Gasteiger partial charge is 0.370 e. The second-order valence-electron chi connectivity index (χ2n) is 4.63. The smallest absolute Gasteiger partial charge is 0.188 e. The number of nitrogens with two attached hydrogens (primary N) is 1. The van der Waals surface area contributed by atoms with Gasteiger partial charge in [-0.1, -0.05) is 33.1 Å². The number of rotatable bonds is 5. The number of guanidine groups is 1. The lowest BCUT2D eigenvalue weighted by Crippen LogP contribution is -2.34. The van der Waals surface area contributed by atoms with Crippen LogP contribution in [0.4, 0.5) is 0 Å². The van der Waals surface area contributed by atoms with Gasteiger partial charge in [0.15, 0.2) is 5.96 Å². The van der Waals surface area contributed by atoms with Gasteiger partial charge in [0.1, 0.15) is 0 Å². The van der Waals surface area contributed by atoms with Crippen molar-refractivity contribution in [3.63, 3.8) is 0 Å². The van der Waals surface area contributed by atoms with Gasteiger partial charge < -0.3 is 11.1 Å². The average Bonchev–Trinajstić information content (AvgIpc) is 2.06. The molecule has 1 aliphatic carbocycles. The predicted octanol–water partition coefficient (Wildman–Crippen LogP) is 1.74. The zero-order chi connectivity index (χ0) is 10.4. The van der Waals surface area contributed by atoms with Gasteiger partial charge in [0.25, 0.3) is 0 Å². The second kappa shape index (κ2) is 5.89. The van der Waals surface area contributed by atoms with E-state index in [4.69, 9.17) is 5.73 Å². The summed E-state index contributed by atoms with van der Waals surface area (Å²) < 4.78 is 0.